The number of hydrogen-bond donors (Lipinski definition) is 3. The maximum Gasteiger partial charge on any atom is 0.353 e. The first kappa shape index (κ1) is 20.4. The number of β-lactam (4-membered cyclic amide) rings is 1. The number of carbonyl (C=O) groups is 3. The summed E-state index contributed by atoms with van der Waals surface area (Å²) < 4.78 is 0. The summed E-state index contributed by atoms with van der Waals surface area (Å²) in [5.41, 5.74) is 5.48. The molecule has 0 saturated carbocycles. The molecule has 3 heterocycles. The molecule has 2 atom stereocenters. The van der Waals surface area contributed by atoms with E-state index in [4.69, 9.17) is 22.2 Å². The van der Waals surface area contributed by atoms with E-state index in [1.807, 2.05) is 6.92 Å². The molecule has 2 amide bonds. The van der Waals surface area contributed by atoms with Gasteiger partial charge in [0.15, 0.2) is 10.8 Å². The van der Waals surface area contributed by atoms with Crippen molar-refractivity contribution in [2.75, 3.05) is 18.1 Å². The Hall–Kier alpha value is -2.31. The first-order valence-corrected chi connectivity index (χ1v) is 10.4. The Morgan fingerprint density at radius 2 is 2.32 bits per heavy atom. The molecule has 1 aromatic heterocycles. The van der Waals surface area contributed by atoms with E-state index >= 15 is 0 Å². The Morgan fingerprint density at radius 3 is 2.93 bits per heavy atom. The number of thioether (sulfide) groups is 1. The van der Waals surface area contributed by atoms with E-state index in [2.05, 4.69) is 15.5 Å². The number of aliphatic carboxylic acids is 1. The number of amides is 2. The van der Waals surface area contributed by atoms with Crippen LogP contribution in [-0.4, -0.2) is 62.3 Å². The second kappa shape index (κ2) is 8.37. The number of halogens is 1. The number of carboxylic acids is 1. The highest BCUT2D eigenvalue weighted by Gasteiger charge is 2.54. The summed E-state index contributed by atoms with van der Waals surface area (Å²) in [7, 11) is 0. The summed E-state index contributed by atoms with van der Waals surface area (Å²) in [5, 5.41) is 17.0. The lowest BCUT2D eigenvalue weighted by molar-refractivity contribution is -0.150. The molecule has 1 fully saturated rings. The van der Waals surface area contributed by atoms with Gasteiger partial charge in [0.1, 0.15) is 29.4 Å². The Balaban J connectivity index is 1.77. The van der Waals surface area contributed by atoms with Crippen LogP contribution in [-0.2, 0) is 19.2 Å². The first-order chi connectivity index (χ1) is 13.3. The summed E-state index contributed by atoms with van der Waals surface area (Å²) in [6.07, 6.45) is 0.692. The molecule has 0 aliphatic carbocycles. The van der Waals surface area contributed by atoms with Gasteiger partial charge in [-0.2, -0.15) is 0 Å². The molecule has 0 bridgehead atoms. The van der Waals surface area contributed by atoms with Gasteiger partial charge in [0, 0.05) is 11.1 Å². The number of hydrogen-bond acceptors (Lipinski definition) is 9. The van der Waals surface area contributed by atoms with Crippen LogP contribution in [0.3, 0.4) is 0 Å². The minimum atomic E-state index is -1.29. The van der Waals surface area contributed by atoms with Crippen molar-refractivity contribution < 1.29 is 24.3 Å². The van der Waals surface area contributed by atoms with Gasteiger partial charge in [-0.05, 0) is 6.42 Å². The van der Waals surface area contributed by atoms with Gasteiger partial charge in [0.05, 0.1) is 5.03 Å². The average Bonchev–Trinajstić information content (AvgIpc) is 3.08. The number of thiazole rings is 1. The van der Waals surface area contributed by atoms with E-state index in [0.29, 0.717) is 13.0 Å². The quantitative estimate of drug-likeness (QED) is 0.241. The largest absolute Gasteiger partial charge is 0.477 e. The minimum absolute atomic E-state index is 0.0834. The van der Waals surface area contributed by atoms with Gasteiger partial charge in [-0.25, -0.2) is 9.78 Å². The predicted octanol–water partition coefficient (Wildman–Crippen LogP) is 0.791. The van der Waals surface area contributed by atoms with Gasteiger partial charge < -0.3 is 21.0 Å². The van der Waals surface area contributed by atoms with Crippen LogP contribution in [0.25, 0.3) is 0 Å². The number of fused-ring (bicyclic) bond motifs is 1. The van der Waals surface area contributed by atoms with Crippen molar-refractivity contribution in [2.45, 2.75) is 24.8 Å². The number of nitrogens with one attached hydrogen (secondary N) is 1. The van der Waals surface area contributed by atoms with Gasteiger partial charge in [-0.3, -0.25) is 14.5 Å². The number of rotatable bonds is 7. The number of oxime groups is 1. The molecule has 4 N–H and O–H groups in total. The highest BCUT2D eigenvalue weighted by molar-refractivity contribution is 8.00. The third-order valence-corrected chi connectivity index (χ3v) is 6.27. The Morgan fingerprint density at radius 1 is 1.57 bits per heavy atom. The van der Waals surface area contributed by atoms with E-state index in [9.17, 15) is 19.5 Å². The van der Waals surface area contributed by atoms with Crippen LogP contribution >= 0.6 is 34.7 Å². The molecule has 2 aliphatic rings. The van der Waals surface area contributed by atoms with Crippen molar-refractivity contribution in [1.82, 2.24) is 15.2 Å². The number of carboxylic acid groups (broad SMARTS) is 1. The Bertz CT molecular complexity index is 886. The lowest BCUT2D eigenvalue weighted by Gasteiger charge is -2.48. The van der Waals surface area contributed by atoms with Gasteiger partial charge in [0.2, 0.25) is 0 Å². The third-order valence-electron chi connectivity index (χ3n) is 3.84. The highest BCUT2D eigenvalue weighted by Crippen LogP contribution is 2.41. The smallest absolute Gasteiger partial charge is 0.353 e. The van der Waals surface area contributed by atoms with Crippen molar-refractivity contribution in [1.29, 1.82) is 0 Å². The molecule has 1 aromatic rings. The highest BCUT2D eigenvalue weighted by atomic mass is 35.5. The van der Waals surface area contributed by atoms with E-state index in [1.54, 1.807) is 5.38 Å². The zero-order valence-corrected chi connectivity index (χ0v) is 16.9. The topological polar surface area (TPSA) is 147 Å². The van der Waals surface area contributed by atoms with Crippen molar-refractivity contribution in [3.63, 3.8) is 0 Å². The number of carbonyl (C=O) groups excluding carboxylic acids is 2. The fourth-order valence-corrected chi connectivity index (χ4v) is 4.69. The number of aromatic nitrogens is 1. The van der Waals surface area contributed by atoms with E-state index in [0.717, 1.165) is 16.2 Å². The van der Waals surface area contributed by atoms with E-state index in [1.165, 1.54) is 11.8 Å². The Labute approximate surface area is 172 Å². The van der Waals surface area contributed by atoms with Crippen LogP contribution in [0.5, 0.6) is 0 Å². The second-order valence-corrected chi connectivity index (χ2v) is 8.21. The maximum atomic E-state index is 12.7. The standard InChI is InChI=1S/C15H16ClN5O5S2/c1-2-3-26-20-8(7-5-28-15(17)18-7)11(22)19-9-12(23)21-10(14(24)25)6(16)4-27-13(9)21/h5,9,13H,2-4H2,1H3,(H2,17,18)(H,19,22)(H,24,25)/b20-8-/t9?,13-/m1/s1. The summed E-state index contributed by atoms with van der Waals surface area (Å²) in [6, 6.07) is -0.913. The van der Waals surface area contributed by atoms with Crippen LogP contribution < -0.4 is 11.1 Å². The molecular formula is C15H16ClN5O5S2. The van der Waals surface area contributed by atoms with Gasteiger partial charge in [-0.1, -0.05) is 23.7 Å². The van der Waals surface area contributed by atoms with Crippen molar-refractivity contribution in [3.8, 4) is 0 Å². The summed E-state index contributed by atoms with van der Waals surface area (Å²) in [4.78, 5) is 46.8. The predicted molar refractivity (Wildman–Crippen MR) is 105 cm³/mol. The first-order valence-electron chi connectivity index (χ1n) is 8.14. The van der Waals surface area contributed by atoms with Gasteiger partial charge >= 0.3 is 5.97 Å². The number of nitrogens with two attached hydrogens (primary N) is 1. The molecular weight excluding hydrogens is 430 g/mol. The monoisotopic (exact) mass is 445 g/mol. The molecule has 1 saturated heterocycles. The summed E-state index contributed by atoms with van der Waals surface area (Å²) in [5.74, 6) is -2.29. The number of anilines is 1. The summed E-state index contributed by atoms with van der Waals surface area (Å²) in [6.45, 7) is 2.19. The fraction of sp³-hybridized carbons (Fsp3) is 0.400. The molecule has 0 aromatic carbocycles. The zero-order valence-electron chi connectivity index (χ0n) is 14.5. The molecule has 0 spiro atoms. The molecule has 10 nitrogen and oxygen atoms in total. The molecule has 3 rings (SSSR count). The van der Waals surface area contributed by atoms with Gasteiger partial charge in [-0.15, -0.1) is 23.1 Å². The molecule has 0 radical (unpaired) electrons. The molecule has 28 heavy (non-hydrogen) atoms. The lowest BCUT2D eigenvalue weighted by atomic mass is 10.0. The molecule has 13 heteroatoms. The van der Waals surface area contributed by atoms with Gasteiger partial charge in [0.25, 0.3) is 11.8 Å². The minimum Gasteiger partial charge on any atom is -0.477 e. The fourth-order valence-electron chi connectivity index (χ4n) is 2.59. The second-order valence-electron chi connectivity index (χ2n) is 5.76. The van der Waals surface area contributed by atoms with E-state index in [-0.39, 0.29) is 33.0 Å². The SMILES string of the molecule is CCCO/N=C(\C(=O)NC1C(=O)N2C(C(=O)O)=C(Cl)CS[C@H]12)c1csc(N)n1. The average molecular weight is 446 g/mol. The Kier molecular flexibility index (Phi) is 6.10. The van der Waals surface area contributed by atoms with Crippen LogP contribution in [0.2, 0.25) is 0 Å². The van der Waals surface area contributed by atoms with Crippen molar-refractivity contribution >= 4 is 63.3 Å². The number of nitrogens with zero attached hydrogens (tertiary/aromatic N) is 3. The summed E-state index contributed by atoms with van der Waals surface area (Å²) >= 11 is 8.33. The molecule has 150 valence electrons. The lowest BCUT2D eigenvalue weighted by Crippen LogP contribution is -2.71. The zero-order chi connectivity index (χ0) is 20.4. The molecule has 2 aliphatic heterocycles. The van der Waals surface area contributed by atoms with Crippen molar-refractivity contribution in [3.05, 3.63) is 21.8 Å². The van der Waals surface area contributed by atoms with Crippen LogP contribution in [0, 0.1) is 0 Å². The van der Waals surface area contributed by atoms with Crippen molar-refractivity contribution in [2.24, 2.45) is 5.16 Å². The van der Waals surface area contributed by atoms with Crippen LogP contribution in [0.4, 0.5) is 5.13 Å². The molecule has 1 unspecified atom stereocenters. The van der Waals surface area contributed by atoms with E-state index < -0.39 is 29.2 Å². The maximum absolute atomic E-state index is 12.7. The third kappa shape index (κ3) is 3.80. The number of nitrogen functional groups attached to an aromatic ring is 1. The normalized spacial score (nSPS) is 21.9. The van der Waals surface area contributed by atoms with Crippen LogP contribution in [0.15, 0.2) is 21.3 Å². The van der Waals surface area contributed by atoms with Crippen LogP contribution in [0.1, 0.15) is 19.0 Å².